The van der Waals surface area contributed by atoms with Gasteiger partial charge in [0.15, 0.2) is 0 Å². The largest absolute Gasteiger partial charge is 0.469 e. The lowest BCUT2D eigenvalue weighted by atomic mass is 10.1. The molecule has 3 nitrogen and oxygen atoms in total. The predicted octanol–water partition coefficient (Wildman–Crippen LogP) is 2.63. The quantitative estimate of drug-likeness (QED) is 0.801. The van der Waals surface area contributed by atoms with Crippen molar-refractivity contribution < 1.29 is 4.42 Å². The van der Waals surface area contributed by atoms with Gasteiger partial charge in [-0.2, -0.15) is 0 Å². The molecule has 2 heterocycles. The van der Waals surface area contributed by atoms with Gasteiger partial charge in [-0.05, 0) is 71.5 Å². The van der Waals surface area contributed by atoms with Crippen molar-refractivity contribution in [1.29, 1.82) is 0 Å². The molecule has 1 atom stereocenters. The fourth-order valence-electron chi connectivity index (χ4n) is 2.81. The van der Waals surface area contributed by atoms with Gasteiger partial charge in [0.05, 0.1) is 6.26 Å². The van der Waals surface area contributed by atoms with E-state index in [0.717, 1.165) is 18.2 Å². The molecule has 0 amide bonds. The van der Waals surface area contributed by atoms with Gasteiger partial charge in [-0.15, -0.1) is 0 Å². The number of likely N-dealkylation sites (tertiary alicyclic amines) is 1. The van der Waals surface area contributed by atoms with Crippen molar-refractivity contribution in [2.24, 2.45) is 0 Å². The van der Waals surface area contributed by atoms with Crippen LogP contribution in [0.4, 0.5) is 0 Å². The molecule has 1 fully saturated rings. The lowest BCUT2D eigenvalue weighted by Gasteiger charge is -2.23. The molecule has 1 aromatic rings. The molecule has 1 saturated heterocycles. The zero-order chi connectivity index (χ0) is 12.8. The summed E-state index contributed by atoms with van der Waals surface area (Å²) in [5.41, 5.74) is 0. The molecular formula is C15H26N2O. The fraction of sp³-hybridized carbons (Fsp3) is 0.733. The molecule has 1 unspecified atom stereocenters. The van der Waals surface area contributed by atoms with Crippen LogP contribution in [0.25, 0.3) is 0 Å². The van der Waals surface area contributed by atoms with Crippen LogP contribution in [0.2, 0.25) is 0 Å². The number of nitrogens with zero attached hydrogens (tertiary/aromatic N) is 2. The Bertz CT molecular complexity index is 321. The Labute approximate surface area is 111 Å². The van der Waals surface area contributed by atoms with Gasteiger partial charge in [0.2, 0.25) is 0 Å². The molecule has 0 aliphatic carbocycles. The number of hydrogen-bond acceptors (Lipinski definition) is 3. The summed E-state index contributed by atoms with van der Waals surface area (Å²) >= 11 is 0. The van der Waals surface area contributed by atoms with E-state index in [9.17, 15) is 0 Å². The molecule has 1 aromatic heterocycles. The summed E-state index contributed by atoms with van der Waals surface area (Å²) in [5.74, 6) is 1.12. The summed E-state index contributed by atoms with van der Waals surface area (Å²) in [5, 5.41) is 0. The van der Waals surface area contributed by atoms with Crippen LogP contribution in [-0.4, -0.2) is 49.6 Å². The van der Waals surface area contributed by atoms with Crippen LogP contribution in [0.3, 0.4) is 0 Å². The van der Waals surface area contributed by atoms with Crippen LogP contribution in [-0.2, 0) is 6.42 Å². The summed E-state index contributed by atoms with van der Waals surface area (Å²) in [6.45, 7) is 3.73. The van der Waals surface area contributed by atoms with E-state index in [0.29, 0.717) is 0 Å². The van der Waals surface area contributed by atoms with Gasteiger partial charge in [-0.3, -0.25) is 0 Å². The minimum Gasteiger partial charge on any atom is -0.469 e. The molecule has 1 aliphatic rings. The van der Waals surface area contributed by atoms with E-state index in [1.165, 1.54) is 45.3 Å². The smallest absolute Gasteiger partial charge is 0.103 e. The van der Waals surface area contributed by atoms with Gasteiger partial charge in [0, 0.05) is 12.5 Å². The van der Waals surface area contributed by atoms with Gasteiger partial charge in [-0.1, -0.05) is 0 Å². The van der Waals surface area contributed by atoms with Crippen LogP contribution in [0.15, 0.2) is 22.8 Å². The Balaban J connectivity index is 1.67. The molecule has 1 aliphatic heterocycles. The monoisotopic (exact) mass is 250 g/mol. The van der Waals surface area contributed by atoms with E-state index < -0.39 is 0 Å². The van der Waals surface area contributed by atoms with Gasteiger partial charge in [0.1, 0.15) is 5.76 Å². The molecule has 102 valence electrons. The Hall–Kier alpha value is -0.800. The Morgan fingerprint density at radius 3 is 2.94 bits per heavy atom. The summed E-state index contributed by atoms with van der Waals surface area (Å²) in [6.07, 6.45) is 8.04. The maximum Gasteiger partial charge on any atom is 0.103 e. The first kappa shape index (κ1) is 13.6. The Kier molecular flexibility index (Phi) is 5.26. The highest BCUT2D eigenvalue weighted by Gasteiger charge is 2.17. The third-order valence-corrected chi connectivity index (χ3v) is 4.00. The second-order valence-corrected chi connectivity index (χ2v) is 5.57. The van der Waals surface area contributed by atoms with Gasteiger partial charge < -0.3 is 14.2 Å². The van der Waals surface area contributed by atoms with Crippen molar-refractivity contribution in [2.45, 2.75) is 38.1 Å². The zero-order valence-corrected chi connectivity index (χ0v) is 11.8. The maximum absolute atomic E-state index is 5.37. The van der Waals surface area contributed by atoms with Gasteiger partial charge >= 0.3 is 0 Å². The second-order valence-electron chi connectivity index (χ2n) is 5.57. The highest BCUT2D eigenvalue weighted by atomic mass is 16.3. The third-order valence-electron chi connectivity index (χ3n) is 4.00. The van der Waals surface area contributed by atoms with Crippen molar-refractivity contribution in [3.05, 3.63) is 24.2 Å². The number of aryl methyl sites for hydroxylation is 1. The van der Waals surface area contributed by atoms with E-state index in [-0.39, 0.29) is 0 Å². The molecule has 0 saturated carbocycles. The minimum atomic E-state index is 0.778. The number of rotatable bonds is 5. The molecule has 3 heteroatoms. The first-order valence-corrected chi connectivity index (χ1v) is 7.17. The van der Waals surface area contributed by atoms with Crippen LogP contribution < -0.4 is 0 Å². The van der Waals surface area contributed by atoms with E-state index in [2.05, 4.69) is 30.0 Å². The zero-order valence-electron chi connectivity index (χ0n) is 11.8. The Morgan fingerprint density at radius 2 is 2.22 bits per heavy atom. The van der Waals surface area contributed by atoms with Gasteiger partial charge in [0.25, 0.3) is 0 Å². The fourth-order valence-corrected chi connectivity index (χ4v) is 2.81. The summed E-state index contributed by atoms with van der Waals surface area (Å²) in [7, 11) is 4.41. The van der Waals surface area contributed by atoms with E-state index >= 15 is 0 Å². The molecule has 0 N–H and O–H groups in total. The van der Waals surface area contributed by atoms with Crippen LogP contribution in [0, 0.1) is 0 Å². The Morgan fingerprint density at radius 1 is 1.33 bits per heavy atom. The van der Waals surface area contributed by atoms with Gasteiger partial charge in [-0.25, -0.2) is 0 Å². The third kappa shape index (κ3) is 4.14. The van der Waals surface area contributed by atoms with E-state index in [4.69, 9.17) is 4.42 Å². The molecular weight excluding hydrogens is 224 g/mol. The van der Waals surface area contributed by atoms with Crippen molar-refractivity contribution in [1.82, 2.24) is 9.80 Å². The predicted molar refractivity (Wildman–Crippen MR) is 74.8 cm³/mol. The van der Waals surface area contributed by atoms with Crippen molar-refractivity contribution >= 4 is 0 Å². The maximum atomic E-state index is 5.37. The van der Waals surface area contributed by atoms with Crippen molar-refractivity contribution in [2.75, 3.05) is 33.7 Å². The highest BCUT2D eigenvalue weighted by Crippen LogP contribution is 2.15. The van der Waals surface area contributed by atoms with E-state index in [1.807, 2.05) is 6.07 Å². The minimum absolute atomic E-state index is 0.778. The van der Waals surface area contributed by atoms with Crippen molar-refractivity contribution in [3.8, 4) is 0 Å². The SMILES string of the molecule is CN(C)C1CCCN(CCCc2ccco2)CC1. The first-order chi connectivity index (χ1) is 8.75. The standard InChI is InChI=1S/C15H26N2O/c1-16(2)14-6-3-10-17(12-9-14)11-4-7-15-8-5-13-18-15/h5,8,13-14H,3-4,6-7,9-12H2,1-2H3. The average molecular weight is 250 g/mol. The second kappa shape index (κ2) is 6.95. The normalized spacial score (nSPS) is 22.3. The summed E-state index contributed by atoms with van der Waals surface area (Å²) in [4.78, 5) is 5.00. The molecule has 2 rings (SSSR count). The lowest BCUT2D eigenvalue weighted by molar-refractivity contribution is 0.247. The average Bonchev–Trinajstić information content (AvgIpc) is 2.73. The number of hydrogen-bond donors (Lipinski definition) is 0. The molecule has 18 heavy (non-hydrogen) atoms. The summed E-state index contributed by atoms with van der Waals surface area (Å²) < 4.78 is 5.37. The van der Waals surface area contributed by atoms with Crippen LogP contribution >= 0.6 is 0 Å². The lowest BCUT2D eigenvalue weighted by Crippen LogP contribution is -2.30. The van der Waals surface area contributed by atoms with Crippen molar-refractivity contribution in [3.63, 3.8) is 0 Å². The topological polar surface area (TPSA) is 19.6 Å². The van der Waals surface area contributed by atoms with Crippen LogP contribution in [0.5, 0.6) is 0 Å². The highest BCUT2D eigenvalue weighted by molar-refractivity contribution is 4.97. The number of furan rings is 1. The molecule has 0 bridgehead atoms. The van der Waals surface area contributed by atoms with Crippen LogP contribution in [0.1, 0.15) is 31.4 Å². The molecule has 0 spiro atoms. The van der Waals surface area contributed by atoms with E-state index in [1.54, 1.807) is 6.26 Å². The first-order valence-electron chi connectivity index (χ1n) is 7.17. The summed E-state index contributed by atoms with van der Waals surface area (Å²) in [6, 6.07) is 4.83. The molecule has 0 radical (unpaired) electrons. The molecule has 0 aromatic carbocycles.